The third kappa shape index (κ3) is 5.41. The maximum atomic E-state index is 11.7. The Labute approximate surface area is 112 Å². The number of aromatic nitrogens is 2. The van der Waals surface area contributed by atoms with E-state index in [0.717, 1.165) is 0 Å². The lowest BCUT2D eigenvalue weighted by atomic mass is 10.1. The van der Waals surface area contributed by atoms with Gasteiger partial charge in [-0.3, -0.25) is 14.3 Å². The van der Waals surface area contributed by atoms with Crippen LogP contribution >= 0.6 is 0 Å². The fourth-order valence-corrected chi connectivity index (χ4v) is 1.36. The van der Waals surface area contributed by atoms with Crippen LogP contribution in [0.2, 0.25) is 0 Å². The molecule has 1 heterocycles. The van der Waals surface area contributed by atoms with E-state index in [1.165, 1.54) is 24.0 Å². The molecule has 0 aromatic carbocycles. The number of nitrogen functional groups attached to an aromatic ring is 1. The molecule has 1 amide bonds. The zero-order chi connectivity index (χ0) is 14.6. The average Bonchev–Trinajstić information content (AvgIpc) is 2.60. The van der Waals surface area contributed by atoms with Gasteiger partial charge in [0, 0.05) is 11.7 Å². The van der Waals surface area contributed by atoms with E-state index in [1.54, 1.807) is 0 Å². The zero-order valence-electron chi connectivity index (χ0n) is 11.6. The van der Waals surface area contributed by atoms with Crippen LogP contribution in [0.4, 0.5) is 5.69 Å². The first-order valence-corrected chi connectivity index (χ1v) is 5.97. The first kappa shape index (κ1) is 15.0. The summed E-state index contributed by atoms with van der Waals surface area (Å²) in [4.78, 5) is 23.3. The van der Waals surface area contributed by atoms with Gasteiger partial charge in [0.05, 0.1) is 11.9 Å². The largest absolute Gasteiger partial charge is 0.451 e. The van der Waals surface area contributed by atoms with Crippen LogP contribution < -0.4 is 11.1 Å². The van der Waals surface area contributed by atoms with E-state index in [-0.39, 0.29) is 18.0 Å². The molecule has 1 aromatic heterocycles. The summed E-state index contributed by atoms with van der Waals surface area (Å²) >= 11 is 0. The van der Waals surface area contributed by atoms with Gasteiger partial charge >= 0.3 is 5.97 Å². The van der Waals surface area contributed by atoms with Crippen molar-refractivity contribution >= 4 is 17.6 Å². The van der Waals surface area contributed by atoms with E-state index in [1.807, 2.05) is 20.8 Å². The summed E-state index contributed by atoms with van der Waals surface area (Å²) in [6, 6.07) is 0. The Balaban J connectivity index is 2.46. The summed E-state index contributed by atoms with van der Waals surface area (Å²) in [5.41, 5.74) is 5.57. The van der Waals surface area contributed by atoms with Gasteiger partial charge < -0.3 is 15.8 Å². The topological polar surface area (TPSA) is 99.2 Å². The molecule has 19 heavy (non-hydrogen) atoms. The van der Waals surface area contributed by atoms with E-state index >= 15 is 0 Å². The van der Waals surface area contributed by atoms with Crippen molar-refractivity contribution < 1.29 is 14.3 Å². The van der Waals surface area contributed by atoms with Crippen molar-refractivity contribution in [1.29, 1.82) is 0 Å². The number of carbonyl (C=O) groups excluding carboxylic acids is 2. The fourth-order valence-electron chi connectivity index (χ4n) is 1.36. The van der Waals surface area contributed by atoms with Crippen LogP contribution in [0, 0.1) is 0 Å². The molecule has 0 fully saturated rings. The highest BCUT2D eigenvalue weighted by molar-refractivity contribution is 5.83. The van der Waals surface area contributed by atoms with Crippen LogP contribution in [-0.4, -0.2) is 33.3 Å². The van der Waals surface area contributed by atoms with E-state index < -0.39 is 12.1 Å². The first-order chi connectivity index (χ1) is 8.67. The summed E-state index contributed by atoms with van der Waals surface area (Å²) in [6.07, 6.45) is 2.10. The van der Waals surface area contributed by atoms with Crippen molar-refractivity contribution in [1.82, 2.24) is 15.1 Å². The first-order valence-electron chi connectivity index (χ1n) is 5.97. The minimum Gasteiger partial charge on any atom is -0.451 e. The van der Waals surface area contributed by atoms with Crippen LogP contribution in [0.15, 0.2) is 12.4 Å². The third-order valence-electron chi connectivity index (χ3n) is 2.12. The Morgan fingerprint density at radius 1 is 1.53 bits per heavy atom. The molecule has 7 heteroatoms. The van der Waals surface area contributed by atoms with Crippen molar-refractivity contribution in [3.63, 3.8) is 0 Å². The highest BCUT2D eigenvalue weighted by atomic mass is 16.5. The second-order valence-corrected chi connectivity index (χ2v) is 5.34. The number of hydrogen-bond donors (Lipinski definition) is 2. The molecular weight excluding hydrogens is 248 g/mol. The molecule has 0 aliphatic heterocycles. The van der Waals surface area contributed by atoms with Gasteiger partial charge in [-0.25, -0.2) is 0 Å². The number of anilines is 1. The SMILES string of the molecule is CC(OC(=O)Cn1cc(N)cn1)C(=O)NC(C)(C)C. The number of ether oxygens (including phenoxy) is 1. The van der Waals surface area contributed by atoms with Crippen LogP contribution in [-0.2, 0) is 20.9 Å². The number of hydrogen-bond acceptors (Lipinski definition) is 5. The molecule has 1 aromatic rings. The normalized spacial score (nSPS) is 12.8. The van der Waals surface area contributed by atoms with Crippen LogP contribution in [0.5, 0.6) is 0 Å². The number of nitrogens with two attached hydrogens (primary N) is 1. The third-order valence-corrected chi connectivity index (χ3v) is 2.12. The molecule has 1 unspecified atom stereocenters. The second-order valence-electron chi connectivity index (χ2n) is 5.34. The van der Waals surface area contributed by atoms with Crippen molar-refractivity contribution in [2.45, 2.75) is 45.9 Å². The van der Waals surface area contributed by atoms with Crippen molar-refractivity contribution in [2.24, 2.45) is 0 Å². The summed E-state index contributed by atoms with van der Waals surface area (Å²) < 4.78 is 6.37. The van der Waals surface area contributed by atoms with Crippen molar-refractivity contribution in [2.75, 3.05) is 5.73 Å². The Kier molecular flexibility index (Phi) is 4.52. The summed E-state index contributed by atoms with van der Waals surface area (Å²) in [6.45, 7) is 7.00. The monoisotopic (exact) mass is 268 g/mol. The quantitative estimate of drug-likeness (QED) is 0.766. The van der Waals surface area contributed by atoms with Gasteiger partial charge in [-0.1, -0.05) is 0 Å². The Hall–Kier alpha value is -2.05. The van der Waals surface area contributed by atoms with Crippen LogP contribution in [0.25, 0.3) is 0 Å². The number of rotatable bonds is 4. The molecule has 7 nitrogen and oxygen atoms in total. The highest BCUT2D eigenvalue weighted by Crippen LogP contribution is 2.03. The summed E-state index contributed by atoms with van der Waals surface area (Å²) in [5.74, 6) is -0.875. The van der Waals surface area contributed by atoms with Crippen molar-refractivity contribution in [3.8, 4) is 0 Å². The summed E-state index contributed by atoms with van der Waals surface area (Å²) in [5, 5.41) is 6.59. The minimum absolute atomic E-state index is 0.0790. The summed E-state index contributed by atoms with van der Waals surface area (Å²) in [7, 11) is 0. The van der Waals surface area contributed by atoms with E-state index in [2.05, 4.69) is 10.4 Å². The van der Waals surface area contributed by atoms with Gasteiger partial charge in [0.2, 0.25) is 0 Å². The van der Waals surface area contributed by atoms with Gasteiger partial charge in [-0.2, -0.15) is 5.10 Å². The minimum atomic E-state index is -0.848. The molecule has 0 saturated carbocycles. The molecule has 0 spiro atoms. The van der Waals surface area contributed by atoms with Gasteiger partial charge in [-0.05, 0) is 27.7 Å². The standard InChI is InChI=1S/C12H20N4O3/c1-8(11(18)15-12(2,3)4)19-10(17)7-16-6-9(13)5-14-16/h5-6,8H,7,13H2,1-4H3,(H,15,18). The van der Waals surface area contributed by atoms with Crippen LogP contribution in [0.1, 0.15) is 27.7 Å². The lowest BCUT2D eigenvalue weighted by Crippen LogP contribution is -2.46. The second kappa shape index (κ2) is 5.73. The van der Waals surface area contributed by atoms with E-state index in [9.17, 15) is 9.59 Å². The predicted molar refractivity (Wildman–Crippen MR) is 70.1 cm³/mol. The molecule has 3 N–H and O–H groups in total. The molecular formula is C12H20N4O3. The van der Waals surface area contributed by atoms with Gasteiger partial charge in [0.15, 0.2) is 6.10 Å². The van der Waals surface area contributed by atoms with Gasteiger partial charge in [0.25, 0.3) is 5.91 Å². The highest BCUT2D eigenvalue weighted by Gasteiger charge is 2.22. The predicted octanol–water partition coefficient (Wildman–Crippen LogP) is 0.312. The fraction of sp³-hybridized carbons (Fsp3) is 0.583. The zero-order valence-corrected chi connectivity index (χ0v) is 11.6. The smallest absolute Gasteiger partial charge is 0.328 e. The van der Waals surface area contributed by atoms with Crippen molar-refractivity contribution in [3.05, 3.63) is 12.4 Å². The number of esters is 1. The number of amides is 1. The molecule has 0 saturated heterocycles. The van der Waals surface area contributed by atoms with Gasteiger partial charge in [-0.15, -0.1) is 0 Å². The lowest BCUT2D eigenvalue weighted by Gasteiger charge is -2.23. The Morgan fingerprint density at radius 2 is 2.16 bits per heavy atom. The van der Waals surface area contributed by atoms with Crippen LogP contribution in [0.3, 0.4) is 0 Å². The molecule has 0 bridgehead atoms. The Bertz CT molecular complexity index is 462. The lowest BCUT2D eigenvalue weighted by molar-refractivity contribution is -0.156. The Morgan fingerprint density at radius 3 is 2.63 bits per heavy atom. The molecule has 0 aliphatic rings. The molecule has 106 valence electrons. The molecule has 1 rings (SSSR count). The average molecular weight is 268 g/mol. The molecule has 0 aliphatic carbocycles. The molecule has 1 atom stereocenters. The van der Waals surface area contributed by atoms with E-state index in [4.69, 9.17) is 10.5 Å². The number of nitrogens with one attached hydrogen (secondary N) is 1. The number of carbonyl (C=O) groups is 2. The van der Waals surface area contributed by atoms with E-state index in [0.29, 0.717) is 5.69 Å². The van der Waals surface area contributed by atoms with Gasteiger partial charge in [0.1, 0.15) is 6.54 Å². The maximum absolute atomic E-state index is 11.7. The maximum Gasteiger partial charge on any atom is 0.328 e. The number of nitrogens with zero attached hydrogens (tertiary/aromatic N) is 2. The molecule has 0 radical (unpaired) electrons.